The zero-order valence-electron chi connectivity index (χ0n) is 12.6. The largest absolute Gasteiger partial charge is 0.394 e. The maximum Gasteiger partial charge on any atom is 0.150 e. The van der Waals surface area contributed by atoms with Crippen molar-refractivity contribution in [3.05, 3.63) is 5.69 Å². The molecule has 0 aliphatic rings. The number of hydrogen-bond acceptors (Lipinski definition) is 4. The van der Waals surface area contributed by atoms with Gasteiger partial charge in [0.15, 0.2) is 0 Å². The lowest BCUT2D eigenvalue weighted by Crippen LogP contribution is -2.31. The Hall–Kier alpha value is -1.70. The van der Waals surface area contributed by atoms with E-state index in [9.17, 15) is 0 Å². The smallest absolute Gasteiger partial charge is 0.150 e. The number of anilines is 2. The Morgan fingerprint density at radius 2 is 2.00 bits per heavy atom. The summed E-state index contributed by atoms with van der Waals surface area (Å²) in [5, 5.41) is 13.3. The average Bonchev–Trinajstić information content (AvgIpc) is 2.60. The molecule has 5 heteroatoms. The average molecular weight is 263 g/mol. The molecule has 1 rings (SSSR count). The summed E-state index contributed by atoms with van der Waals surface area (Å²) in [5.74, 6) is 1.75. The van der Waals surface area contributed by atoms with Crippen LogP contribution in [0.2, 0.25) is 0 Å². The molecule has 0 fully saturated rings. The summed E-state index contributed by atoms with van der Waals surface area (Å²) < 4.78 is 1.84. The van der Waals surface area contributed by atoms with Crippen molar-refractivity contribution in [1.82, 2.24) is 9.78 Å². The van der Waals surface area contributed by atoms with Crippen LogP contribution in [-0.2, 0) is 7.05 Å². The summed E-state index contributed by atoms with van der Waals surface area (Å²) in [4.78, 5) is 2.17. The number of nitrogen functional groups attached to an aromatic ring is 1. The number of hydrogen-bond donors (Lipinski definition) is 1. The molecule has 1 heterocycles. The van der Waals surface area contributed by atoms with Crippen molar-refractivity contribution in [2.24, 2.45) is 13.0 Å². The van der Waals surface area contributed by atoms with Crippen LogP contribution in [0.25, 0.3) is 0 Å². The molecular formula is C14H25N5. The monoisotopic (exact) mass is 263 g/mol. The van der Waals surface area contributed by atoms with E-state index in [0.717, 1.165) is 23.7 Å². The lowest BCUT2D eigenvalue weighted by molar-refractivity contribution is 0.592. The Morgan fingerprint density at radius 3 is 2.42 bits per heavy atom. The zero-order valence-corrected chi connectivity index (χ0v) is 12.6. The first-order valence-corrected chi connectivity index (χ1v) is 6.82. The van der Waals surface area contributed by atoms with Crippen LogP contribution in [0, 0.1) is 17.2 Å². The van der Waals surface area contributed by atoms with Crippen LogP contribution in [0.3, 0.4) is 0 Å². The van der Waals surface area contributed by atoms with Crippen LogP contribution in [0.4, 0.5) is 11.5 Å². The molecule has 1 aromatic rings. The van der Waals surface area contributed by atoms with Crippen molar-refractivity contribution < 1.29 is 0 Å². The lowest BCUT2D eigenvalue weighted by atomic mass is 10.1. The molecule has 0 saturated heterocycles. The van der Waals surface area contributed by atoms with Crippen LogP contribution < -0.4 is 10.6 Å². The predicted molar refractivity (Wildman–Crippen MR) is 79.0 cm³/mol. The third kappa shape index (κ3) is 3.63. The minimum atomic E-state index is 0.303. The zero-order chi connectivity index (χ0) is 14.6. The van der Waals surface area contributed by atoms with Crippen molar-refractivity contribution in [1.29, 1.82) is 5.26 Å². The van der Waals surface area contributed by atoms with E-state index >= 15 is 0 Å². The molecule has 0 aliphatic carbocycles. The van der Waals surface area contributed by atoms with Gasteiger partial charge in [-0.3, -0.25) is 4.68 Å². The van der Waals surface area contributed by atoms with Crippen molar-refractivity contribution in [3.8, 4) is 6.07 Å². The predicted octanol–water partition coefficient (Wildman–Crippen LogP) is 2.50. The minimum absolute atomic E-state index is 0.303. The number of nitrogens with zero attached hydrogens (tertiary/aromatic N) is 4. The molecule has 106 valence electrons. The summed E-state index contributed by atoms with van der Waals surface area (Å²) in [7, 11) is 1.91. The number of aryl methyl sites for hydroxylation is 1. The second-order valence-electron chi connectivity index (χ2n) is 5.65. The summed E-state index contributed by atoms with van der Waals surface area (Å²) in [5.41, 5.74) is 7.93. The molecule has 1 aromatic heterocycles. The molecule has 5 nitrogen and oxygen atoms in total. The van der Waals surface area contributed by atoms with Gasteiger partial charge >= 0.3 is 0 Å². The van der Waals surface area contributed by atoms with Gasteiger partial charge in [-0.25, -0.2) is 0 Å². The highest BCUT2D eigenvalue weighted by atomic mass is 15.4. The minimum Gasteiger partial charge on any atom is -0.394 e. The third-order valence-electron chi connectivity index (χ3n) is 3.01. The molecular weight excluding hydrogens is 238 g/mol. The van der Waals surface area contributed by atoms with Crippen molar-refractivity contribution in [2.75, 3.05) is 23.7 Å². The Balaban J connectivity index is 3.11. The Morgan fingerprint density at radius 1 is 1.37 bits per heavy atom. The fraction of sp³-hybridized carbons (Fsp3) is 0.714. The quantitative estimate of drug-likeness (QED) is 0.856. The normalized spacial score (nSPS) is 11.1. The number of aromatic nitrogens is 2. The molecule has 0 aromatic carbocycles. The summed E-state index contributed by atoms with van der Waals surface area (Å²) in [6.45, 7) is 10.1. The van der Waals surface area contributed by atoms with E-state index in [0.29, 0.717) is 24.8 Å². The Labute approximate surface area is 116 Å². The fourth-order valence-electron chi connectivity index (χ4n) is 2.26. The molecule has 0 unspecified atom stereocenters. The van der Waals surface area contributed by atoms with Gasteiger partial charge in [-0.15, -0.1) is 0 Å². The van der Waals surface area contributed by atoms with Gasteiger partial charge in [0.05, 0.1) is 23.9 Å². The Kier molecular flexibility index (Phi) is 5.22. The SMILES string of the molecule is CC(C)CN(CCC#N)c1c(N)c(C(C)C)nn1C. The highest BCUT2D eigenvalue weighted by Gasteiger charge is 2.21. The number of rotatable bonds is 6. The van der Waals surface area contributed by atoms with Gasteiger partial charge in [0.25, 0.3) is 0 Å². The van der Waals surface area contributed by atoms with Gasteiger partial charge in [-0.05, 0) is 11.8 Å². The van der Waals surface area contributed by atoms with E-state index in [1.165, 1.54) is 0 Å². The molecule has 0 saturated carbocycles. The van der Waals surface area contributed by atoms with Gasteiger partial charge in [-0.2, -0.15) is 10.4 Å². The fourth-order valence-corrected chi connectivity index (χ4v) is 2.26. The van der Waals surface area contributed by atoms with Crippen molar-refractivity contribution >= 4 is 11.5 Å². The second-order valence-corrected chi connectivity index (χ2v) is 5.65. The third-order valence-corrected chi connectivity index (χ3v) is 3.01. The summed E-state index contributed by atoms with van der Waals surface area (Å²) in [6.07, 6.45) is 0.494. The Bertz CT molecular complexity index is 453. The number of nitrogens with two attached hydrogens (primary N) is 1. The van der Waals surface area contributed by atoms with Gasteiger partial charge in [0.1, 0.15) is 5.82 Å². The molecule has 0 atom stereocenters. The lowest BCUT2D eigenvalue weighted by Gasteiger charge is -2.26. The highest BCUT2D eigenvalue weighted by molar-refractivity contribution is 5.67. The summed E-state index contributed by atoms with van der Waals surface area (Å²) >= 11 is 0. The van der Waals surface area contributed by atoms with Crippen LogP contribution in [0.15, 0.2) is 0 Å². The molecule has 2 N–H and O–H groups in total. The first kappa shape index (κ1) is 15.4. The molecule has 19 heavy (non-hydrogen) atoms. The van der Waals surface area contributed by atoms with Crippen LogP contribution in [0.1, 0.15) is 45.7 Å². The summed E-state index contributed by atoms with van der Waals surface area (Å²) in [6, 6.07) is 2.20. The van der Waals surface area contributed by atoms with Gasteiger partial charge in [-0.1, -0.05) is 27.7 Å². The van der Waals surface area contributed by atoms with Gasteiger partial charge in [0, 0.05) is 20.1 Å². The highest BCUT2D eigenvalue weighted by Crippen LogP contribution is 2.31. The topological polar surface area (TPSA) is 70.9 Å². The molecule has 0 amide bonds. The first-order chi connectivity index (χ1) is 8.88. The molecule has 0 aliphatic heterocycles. The van der Waals surface area contributed by atoms with Crippen LogP contribution in [0.5, 0.6) is 0 Å². The van der Waals surface area contributed by atoms with E-state index in [2.05, 4.69) is 43.8 Å². The van der Waals surface area contributed by atoms with Gasteiger partial charge < -0.3 is 10.6 Å². The number of nitriles is 1. The van der Waals surface area contributed by atoms with Gasteiger partial charge in [0.2, 0.25) is 0 Å². The van der Waals surface area contributed by atoms with Crippen molar-refractivity contribution in [3.63, 3.8) is 0 Å². The van der Waals surface area contributed by atoms with E-state index in [1.807, 2.05) is 11.7 Å². The second kappa shape index (κ2) is 6.46. The van der Waals surface area contributed by atoms with Crippen LogP contribution >= 0.6 is 0 Å². The molecule has 0 radical (unpaired) electrons. The van der Waals surface area contributed by atoms with E-state index in [1.54, 1.807) is 0 Å². The van der Waals surface area contributed by atoms with Crippen molar-refractivity contribution in [2.45, 2.75) is 40.0 Å². The molecule has 0 spiro atoms. The van der Waals surface area contributed by atoms with E-state index < -0.39 is 0 Å². The standard InChI is InChI=1S/C14H25N5/c1-10(2)9-19(8-6-7-15)14-12(16)13(11(3)4)17-18(14)5/h10-11H,6,8-9,16H2,1-5H3. The first-order valence-electron chi connectivity index (χ1n) is 6.82. The maximum absolute atomic E-state index is 8.80. The van der Waals surface area contributed by atoms with E-state index in [-0.39, 0.29) is 0 Å². The van der Waals surface area contributed by atoms with E-state index in [4.69, 9.17) is 11.0 Å². The maximum atomic E-state index is 8.80. The molecule has 0 bridgehead atoms. The van der Waals surface area contributed by atoms with Crippen LogP contribution in [-0.4, -0.2) is 22.9 Å².